The van der Waals surface area contributed by atoms with Crippen molar-refractivity contribution < 1.29 is 9.59 Å². The zero-order chi connectivity index (χ0) is 25.1. The lowest BCUT2D eigenvalue weighted by atomic mass is 10.0. The number of amides is 2. The zero-order valence-corrected chi connectivity index (χ0v) is 21.2. The van der Waals surface area contributed by atoms with Crippen molar-refractivity contribution in [2.75, 3.05) is 16.8 Å². The van der Waals surface area contributed by atoms with Gasteiger partial charge in [0, 0.05) is 53.2 Å². The van der Waals surface area contributed by atoms with E-state index in [1.807, 2.05) is 52.7 Å². The molecule has 36 heavy (non-hydrogen) atoms. The number of nitrogens with zero attached hydrogens (tertiary/aromatic N) is 3. The van der Waals surface area contributed by atoms with E-state index < -0.39 is 5.92 Å². The number of benzene rings is 2. The molecule has 1 unspecified atom stereocenters. The number of aryl methyl sites for hydroxylation is 2. The van der Waals surface area contributed by atoms with Gasteiger partial charge in [-0.3, -0.25) is 14.6 Å². The topological polar surface area (TPSA) is 75.2 Å². The summed E-state index contributed by atoms with van der Waals surface area (Å²) in [6.45, 7) is 4.59. The number of para-hydroxylation sites is 1. The van der Waals surface area contributed by atoms with Gasteiger partial charge in [0.1, 0.15) is 5.01 Å². The van der Waals surface area contributed by atoms with Gasteiger partial charge in [0.2, 0.25) is 11.8 Å². The lowest BCUT2D eigenvalue weighted by Crippen LogP contribution is -2.29. The Kier molecular flexibility index (Phi) is 6.91. The SMILES string of the molecule is CCc1cccc(CC)c1N1CC(C(=O)Nc2cccc(-c3csc(-c4ccncc4)n3)c2)CC1=O. The van der Waals surface area contributed by atoms with Crippen LogP contribution in [0.25, 0.3) is 21.8 Å². The number of carbonyl (C=O) groups is 2. The van der Waals surface area contributed by atoms with Crippen LogP contribution in [0.5, 0.6) is 0 Å². The average molecular weight is 497 g/mol. The number of anilines is 2. The molecule has 2 aromatic heterocycles. The maximum Gasteiger partial charge on any atom is 0.229 e. The second-order valence-electron chi connectivity index (χ2n) is 8.88. The summed E-state index contributed by atoms with van der Waals surface area (Å²) in [6, 6.07) is 17.7. The fourth-order valence-electron chi connectivity index (χ4n) is 4.70. The van der Waals surface area contributed by atoms with Gasteiger partial charge < -0.3 is 10.2 Å². The average Bonchev–Trinajstić information content (AvgIpc) is 3.56. The molecule has 0 aliphatic carbocycles. The van der Waals surface area contributed by atoms with Crippen molar-refractivity contribution in [1.29, 1.82) is 0 Å². The van der Waals surface area contributed by atoms with Crippen molar-refractivity contribution >= 4 is 34.5 Å². The Balaban J connectivity index is 1.31. The summed E-state index contributed by atoms with van der Waals surface area (Å²) in [6.07, 6.45) is 5.41. The smallest absolute Gasteiger partial charge is 0.229 e. The van der Waals surface area contributed by atoms with Crippen LogP contribution in [0.1, 0.15) is 31.4 Å². The molecule has 0 bridgehead atoms. The molecule has 0 radical (unpaired) electrons. The molecule has 1 fully saturated rings. The van der Waals surface area contributed by atoms with E-state index in [2.05, 4.69) is 36.3 Å². The third kappa shape index (κ3) is 4.79. The van der Waals surface area contributed by atoms with Crippen LogP contribution >= 0.6 is 11.3 Å². The Morgan fingerprint density at radius 1 is 1.03 bits per heavy atom. The van der Waals surface area contributed by atoms with Crippen LogP contribution in [0.3, 0.4) is 0 Å². The van der Waals surface area contributed by atoms with E-state index in [0.29, 0.717) is 12.2 Å². The first-order valence-electron chi connectivity index (χ1n) is 12.3. The number of rotatable bonds is 7. The van der Waals surface area contributed by atoms with Crippen molar-refractivity contribution in [2.45, 2.75) is 33.1 Å². The van der Waals surface area contributed by atoms with Crippen molar-refractivity contribution in [3.63, 3.8) is 0 Å². The molecule has 1 saturated heterocycles. The van der Waals surface area contributed by atoms with Crippen LogP contribution in [0.15, 0.2) is 72.4 Å². The lowest BCUT2D eigenvalue weighted by molar-refractivity contribution is -0.122. The van der Waals surface area contributed by atoms with Crippen molar-refractivity contribution in [2.24, 2.45) is 5.92 Å². The minimum Gasteiger partial charge on any atom is -0.326 e. The number of carbonyl (C=O) groups excluding carboxylic acids is 2. The van der Waals surface area contributed by atoms with Gasteiger partial charge in [-0.2, -0.15) is 0 Å². The Bertz CT molecular complexity index is 1380. The Hall–Kier alpha value is -3.84. The molecule has 1 N–H and O–H groups in total. The van der Waals surface area contributed by atoms with Crippen molar-refractivity contribution in [3.8, 4) is 21.8 Å². The normalized spacial score (nSPS) is 15.3. The molecule has 1 atom stereocenters. The summed E-state index contributed by atoms with van der Waals surface area (Å²) in [5.41, 5.74) is 6.78. The number of nitrogens with one attached hydrogen (secondary N) is 1. The number of hydrogen-bond donors (Lipinski definition) is 1. The predicted molar refractivity (Wildman–Crippen MR) is 145 cm³/mol. The van der Waals surface area contributed by atoms with Gasteiger partial charge in [0.25, 0.3) is 0 Å². The first-order valence-corrected chi connectivity index (χ1v) is 13.1. The molecule has 0 saturated carbocycles. The molecule has 6 nitrogen and oxygen atoms in total. The number of aromatic nitrogens is 2. The van der Waals surface area contributed by atoms with Gasteiger partial charge in [0.15, 0.2) is 0 Å². The highest BCUT2D eigenvalue weighted by molar-refractivity contribution is 7.13. The molecule has 2 aromatic carbocycles. The number of thiazole rings is 1. The molecule has 182 valence electrons. The quantitative estimate of drug-likeness (QED) is 0.341. The maximum atomic E-state index is 13.2. The largest absolute Gasteiger partial charge is 0.326 e. The van der Waals surface area contributed by atoms with E-state index in [-0.39, 0.29) is 18.2 Å². The van der Waals surface area contributed by atoms with Crippen molar-refractivity contribution in [3.05, 3.63) is 83.5 Å². The van der Waals surface area contributed by atoms with Gasteiger partial charge in [-0.25, -0.2) is 4.98 Å². The Labute approximate surface area is 215 Å². The standard InChI is InChI=1S/C29H28N4O2S/c1-3-19-7-5-8-20(4-2)27(19)33-17-23(16-26(33)34)28(35)31-24-10-6-9-22(15-24)25-18-36-29(32-25)21-11-13-30-14-12-21/h5-15,18,23H,3-4,16-17H2,1-2H3,(H,31,35). The van der Waals surface area contributed by atoms with Crippen LogP contribution < -0.4 is 10.2 Å². The second-order valence-corrected chi connectivity index (χ2v) is 9.74. The highest BCUT2D eigenvalue weighted by atomic mass is 32.1. The Morgan fingerprint density at radius 2 is 1.75 bits per heavy atom. The highest BCUT2D eigenvalue weighted by Crippen LogP contribution is 2.33. The minimum atomic E-state index is -0.395. The van der Waals surface area contributed by atoms with Gasteiger partial charge in [-0.05, 0) is 48.2 Å². The van der Waals surface area contributed by atoms with Crippen LogP contribution in [0.2, 0.25) is 0 Å². The Morgan fingerprint density at radius 3 is 2.47 bits per heavy atom. The molecule has 3 heterocycles. The predicted octanol–water partition coefficient (Wildman–Crippen LogP) is 5.99. The highest BCUT2D eigenvalue weighted by Gasteiger charge is 2.36. The third-order valence-electron chi connectivity index (χ3n) is 6.59. The van der Waals surface area contributed by atoms with Gasteiger partial charge in [-0.15, -0.1) is 11.3 Å². The lowest BCUT2D eigenvalue weighted by Gasteiger charge is -2.23. The van der Waals surface area contributed by atoms with Crippen LogP contribution in [0, 0.1) is 5.92 Å². The van der Waals surface area contributed by atoms with E-state index >= 15 is 0 Å². The van der Waals surface area contributed by atoms with Crippen LogP contribution in [-0.2, 0) is 22.4 Å². The van der Waals surface area contributed by atoms with Gasteiger partial charge in [-0.1, -0.05) is 44.2 Å². The minimum absolute atomic E-state index is 0.00520. The van der Waals surface area contributed by atoms with Crippen LogP contribution in [-0.4, -0.2) is 28.3 Å². The fourth-order valence-corrected chi connectivity index (χ4v) is 5.53. The maximum absolute atomic E-state index is 13.2. The molecule has 7 heteroatoms. The van der Waals surface area contributed by atoms with E-state index in [0.717, 1.165) is 51.5 Å². The second kappa shape index (κ2) is 10.4. The summed E-state index contributed by atoms with van der Waals surface area (Å²) in [5, 5.41) is 5.97. The van der Waals surface area contributed by atoms with E-state index in [1.54, 1.807) is 23.7 Å². The molecule has 1 aliphatic rings. The van der Waals surface area contributed by atoms with Crippen molar-refractivity contribution in [1.82, 2.24) is 9.97 Å². The number of hydrogen-bond acceptors (Lipinski definition) is 5. The first kappa shape index (κ1) is 23.9. The monoisotopic (exact) mass is 496 g/mol. The van der Waals surface area contributed by atoms with E-state index in [4.69, 9.17) is 4.98 Å². The molecule has 0 spiro atoms. The van der Waals surface area contributed by atoms with Gasteiger partial charge >= 0.3 is 0 Å². The molecule has 5 rings (SSSR count). The molecular weight excluding hydrogens is 468 g/mol. The summed E-state index contributed by atoms with van der Waals surface area (Å²) in [7, 11) is 0. The molecule has 4 aromatic rings. The van der Waals surface area contributed by atoms with E-state index in [9.17, 15) is 9.59 Å². The molecule has 2 amide bonds. The summed E-state index contributed by atoms with van der Waals surface area (Å²) < 4.78 is 0. The summed E-state index contributed by atoms with van der Waals surface area (Å²) >= 11 is 1.57. The summed E-state index contributed by atoms with van der Waals surface area (Å²) in [4.78, 5) is 36.8. The zero-order valence-electron chi connectivity index (χ0n) is 20.4. The molecular formula is C29H28N4O2S. The van der Waals surface area contributed by atoms with Crippen LogP contribution in [0.4, 0.5) is 11.4 Å². The first-order chi connectivity index (χ1) is 17.6. The number of pyridine rings is 1. The summed E-state index contributed by atoms with van der Waals surface area (Å²) in [5.74, 6) is -0.523. The molecule has 1 aliphatic heterocycles. The third-order valence-corrected chi connectivity index (χ3v) is 7.48. The fraction of sp³-hybridized carbons (Fsp3) is 0.241. The van der Waals surface area contributed by atoms with E-state index in [1.165, 1.54) is 0 Å². The van der Waals surface area contributed by atoms with Gasteiger partial charge in [0.05, 0.1) is 11.6 Å².